The van der Waals surface area contributed by atoms with Crippen molar-refractivity contribution in [1.82, 2.24) is 0 Å². The summed E-state index contributed by atoms with van der Waals surface area (Å²) < 4.78 is 5.40. The highest BCUT2D eigenvalue weighted by Gasteiger charge is 2.26. The molecule has 0 aromatic heterocycles. The minimum atomic E-state index is -1.22. The molecular formula is C12H17NO3. The van der Waals surface area contributed by atoms with Gasteiger partial charge in [-0.25, -0.2) is 0 Å². The molecule has 0 heterocycles. The highest BCUT2D eigenvalue weighted by atomic mass is 16.5. The van der Waals surface area contributed by atoms with Gasteiger partial charge in [0, 0.05) is 12.5 Å². The molecule has 16 heavy (non-hydrogen) atoms. The monoisotopic (exact) mass is 223 g/mol. The molecule has 0 radical (unpaired) electrons. The maximum atomic E-state index is 10.9. The molecule has 4 nitrogen and oxygen atoms in total. The Balaban J connectivity index is 2.82. The summed E-state index contributed by atoms with van der Waals surface area (Å²) in [5, 5.41) is 10.9. The molecule has 0 bridgehead atoms. The van der Waals surface area contributed by atoms with Crippen molar-refractivity contribution >= 4 is 5.97 Å². The van der Waals surface area contributed by atoms with Crippen LogP contribution in [0.5, 0.6) is 5.75 Å². The fourth-order valence-corrected chi connectivity index (χ4v) is 1.26. The van der Waals surface area contributed by atoms with Gasteiger partial charge >= 0.3 is 0 Å². The van der Waals surface area contributed by atoms with E-state index in [1.54, 1.807) is 24.3 Å². The normalized spacial score (nSPS) is 14.2. The van der Waals surface area contributed by atoms with Crippen LogP contribution in [0.25, 0.3) is 0 Å². The number of benzene rings is 1. The van der Waals surface area contributed by atoms with Gasteiger partial charge in [0.2, 0.25) is 0 Å². The van der Waals surface area contributed by atoms with E-state index in [0.29, 0.717) is 12.2 Å². The zero-order valence-corrected chi connectivity index (χ0v) is 9.66. The molecule has 3 N–H and O–H groups in total. The first-order valence-corrected chi connectivity index (χ1v) is 5.28. The summed E-state index contributed by atoms with van der Waals surface area (Å²) in [6.07, 6.45) is 0.938. The van der Waals surface area contributed by atoms with Gasteiger partial charge in [-0.05, 0) is 30.7 Å². The number of carboxylic acid groups (broad SMARTS) is 1. The second-order valence-electron chi connectivity index (χ2n) is 3.99. The van der Waals surface area contributed by atoms with Crippen LogP contribution in [-0.4, -0.2) is 12.6 Å². The molecule has 4 heteroatoms. The summed E-state index contributed by atoms with van der Waals surface area (Å²) in [5.41, 5.74) is 3.02. The van der Waals surface area contributed by atoms with Crippen LogP contribution in [0.4, 0.5) is 0 Å². The number of rotatable bonds is 5. The first-order valence-electron chi connectivity index (χ1n) is 5.28. The van der Waals surface area contributed by atoms with Crippen LogP contribution < -0.4 is 15.6 Å². The third-order valence-electron chi connectivity index (χ3n) is 2.41. The molecule has 0 aliphatic carbocycles. The minimum Gasteiger partial charge on any atom is -0.543 e. The van der Waals surface area contributed by atoms with Crippen LogP contribution in [0.2, 0.25) is 0 Å². The van der Waals surface area contributed by atoms with Crippen LogP contribution in [-0.2, 0) is 10.3 Å². The largest absolute Gasteiger partial charge is 0.543 e. The van der Waals surface area contributed by atoms with Gasteiger partial charge < -0.3 is 20.4 Å². The lowest BCUT2D eigenvalue weighted by Crippen LogP contribution is -2.75. The standard InChI is InChI=1S/C12H17NO3/c1-3-8-16-10-6-4-9(5-7-10)12(2,13)11(14)15/h4-7H,3,8,13H2,1-2H3,(H,14,15)/t12-/m1/s1. The highest BCUT2D eigenvalue weighted by Crippen LogP contribution is 2.19. The Morgan fingerprint density at radius 3 is 2.44 bits per heavy atom. The molecule has 0 aliphatic heterocycles. The second kappa shape index (κ2) is 4.99. The van der Waals surface area contributed by atoms with E-state index in [0.717, 1.165) is 12.2 Å². The number of carboxylic acids is 1. The van der Waals surface area contributed by atoms with Crippen molar-refractivity contribution in [1.29, 1.82) is 0 Å². The Labute approximate surface area is 95.0 Å². The van der Waals surface area contributed by atoms with Crippen molar-refractivity contribution in [3.05, 3.63) is 29.8 Å². The van der Waals surface area contributed by atoms with E-state index >= 15 is 0 Å². The Morgan fingerprint density at radius 2 is 2.00 bits per heavy atom. The SMILES string of the molecule is CCCOc1ccc([C@@](C)([NH3+])C(=O)[O-])cc1. The molecule has 0 aliphatic rings. The lowest BCUT2D eigenvalue weighted by Gasteiger charge is -2.22. The molecule has 0 unspecified atom stereocenters. The van der Waals surface area contributed by atoms with Crippen molar-refractivity contribution in [3.63, 3.8) is 0 Å². The first-order chi connectivity index (χ1) is 7.48. The summed E-state index contributed by atoms with van der Waals surface area (Å²) in [6, 6.07) is 6.90. The van der Waals surface area contributed by atoms with Crippen molar-refractivity contribution in [3.8, 4) is 5.75 Å². The average molecular weight is 223 g/mol. The van der Waals surface area contributed by atoms with E-state index in [2.05, 4.69) is 5.73 Å². The smallest absolute Gasteiger partial charge is 0.157 e. The van der Waals surface area contributed by atoms with Crippen LogP contribution >= 0.6 is 0 Å². The number of hydrogen-bond acceptors (Lipinski definition) is 3. The maximum Gasteiger partial charge on any atom is 0.157 e. The highest BCUT2D eigenvalue weighted by molar-refractivity contribution is 5.76. The molecule has 0 saturated heterocycles. The van der Waals surface area contributed by atoms with E-state index < -0.39 is 11.5 Å². The Hall–Kier alpha value is -1.55. The van der Waals surface area contributed by atoms with Crippen LogP contribution in [0.1, 0.15) is 25.8 Å². The number of hydrogen-bond donors (Lipinski definition) is 1. The molecule has 1 aromatic rings. The lowest BCUT2D eigenvalue weighted by molar-refractivity contribution is -0.489. The molecule has 88 valence electrons. The van der Waals surface area contributed by atoms with Crippen molar-refractivity contribution in [2.45, 2.75) is 25.8 Å². The first kappa shape index (κ1) is 12.5. The number of carbonyl (C=O) groups excluding carboxylic acids is 1. The molecule has 1 rings (SSSR count). The number of carbonyl (C=O) groups is 1. The fraction of sp³-hybridized carbons (Fsp3) is 0.417. The lowest BCUT2D eigenvalue weighted by atomic mass is 9.93. The van der Waals surface area contributed by atoms with Gasteiger partial charge in [-0.15, -0.1) is 0 Å². The quantitative estimate of drug-likeness (QED) is 0.743. The Morgan fingerprint density at radius 1 is 1.44 bits per heavy atom. The van der Waals surface area contributed by atoms with Gasteiger partial charge in [-0.3, -0.25) is 0 Å². The fourth-order valence-electron chi connectivity index (χ4n) is 1.26. The zero-order chi connectivity index (χ0) is 12.2. The maximum absolute atomic E-state index is 10.9. The van der Waals surface area contributed by atoms with Gasteiger partial charge in [-0.2, -0.15) is 0 Å². The van der Waals surface area contributed by atoms with E-state index in [4.69, 9.17) is 4.74 Å². The summed E-state index contributed by atoms with van der Waals surface area (Å²) in [4.78, 5) is 10.9. The summed E-state index contributed by atoms with van der Waals surface area (Å²) in [5.74, 6) is -0.450. The third-order valence-corrected chi connectivity index (χ3v) is 2.41. The number of quaternary nitrogens is 1. The van der Waals surface area contributed by atoms with Crippen LogP contribution in [0, 0.1) is 0 Å². The number of aliphatic carboxylic acids is 1. The molecule has 0 amide bonds. The van der Waals surface area contributed by atoms with E-state index in [1.807, 2.05) is 6.92 Å². The van der Waals surface area contributed by atoms with E-state index in [1.165, 1.54) is 6.92 Å². The number of ether oxygens (including phenoxy) is 1. The molecule has 0 saturated carbocycles. The Kier molecular flexibility index (Phi) is 3.90. The summed E-state index contributed by atoms with van der Waals surface area (Å²) >= 11 is 0. The van der Waals surface area contributed by atoms with Gasteiger partial charge in [0.05, 0.1) is 6.61 Å². The molecule has 1 atom stereocenters. The zero-order valence-electron chi connectivity index (χ0n) is 9.66. The van der Waals surface area contributed by atoms with Gasteiger partial charge in [0.25, 0.3) is 0 Å². The van der Waals surface area contributed by atoms with Gasteiger partial charge in [0.15, 0.2) is 5.54 Å². The molecule has 1 aromatic carbocycles. The van der Waals surface area contributed by atoms with E-state index in [-0.39, 0.29) is 0 Å². The molecule has 0 fully saturated rings. The van der Waals surface area contributed by atoms with Crippen molar-refractivity contribution in [2.75, 3.05) is 6.61 Å². The molecule has 0 spiro atoms. The van der Waals surface area contributed by atoms with Gasteiger partial charge in [-0.1, -0.05) is 6.92 Å². The predicted octanol–water partition coefficient (Wildman–Crippen LogP) is -0.318. The predicted molar refractivity (Wildman–Crippen MR) is 57.5 cm³/mol. The molecular weight excluding hydrogens is 206 g/mol. The topological polar surface area (TPSA) is 77.0 Å². The van der Waals surface area contributed by atoms with Crippen LogP contribution in [0.3, 0.4) is 0 Å². The van der Waals surface area contributed by atoms with Crippen molar-refractivity contribution in [2.24, 2.45) is 0 Å². The third kappa shape index (κ3) is 2.73. The second-order valence-corrected chi connectivity index (χ2v) is 3.99. The van der Waals surface area contributed by atoms with E-state index in [9.17, 15) is 9.90 Å². The minimum absolute atomic E-state index is 0.608. The Bertz CT molecular complexity index is 357. The van der Waals surface area contributed by atoms with Crippen LogP contribution in [0.15, 0.2) is 24.3 Å². The van der Waals surface area contributed by atoms with Crippen molar-refractivity contribution < 1.29 is 20.4 Å². The summed E-state index contributed by atoms with van der Waals surface area (Å²) in [7, 11) is 0. The summed E-state index contributed by atoms with van der Waals surface area (Å²) in [6.45, 7) is 4.20. The average Bonchev–Trinajstić information content (AvgIpc) is 2.26. The van der Waals surface area contributed by atoms with Gasteiger partial charge in [0.1, 0.15) is 11.7 Å².